The van der Waals surface area contributed by atoms with Gasteiger partial charge in [-0.1, -0.05) is 12.1 Å². The van der Waals surface area contributed by atoms with Gasteiger partial charge in [0.05, 0.1) is 16.8 Å². The first kappa shape index (κ1) is 11.4. The Morgan fingerprint density at radius 2 is 2.12 bits per heavy atom. The summed E-state index contributed by atoms with van der Waals surface area (Å²) in [5.74, 6) is 0.484. The van der Waals surface area contributed by atoms with Crippen molar-refractivity contribution < 1.29 is 8.81 Å². The van der Waals surface area contributed by atoms with Gasteiger partial charge in [0.2, 0.25) is 0 Å². The highest BCUT2D eigenvalue weighted by Gasteiger charge is 2.18. The monoisotopic (exact) mass is 283 g/mol. The largest absolute Gasteiger partial charge is 0.467 e. The fourth-order valence-corrected chi connectivity index (χ4v) is 2.14. The predicted molar refractivity (Wildman–Crippen MR) is 63.7 cm³/mol. The van der Waals surface area contributed by atoms with Crippen molar-refractivity contribution in [2.75, 3.05) is 7.05 Å². The van der Waals surface area contributed by atoms with Crippen LogP contribution in [-0.2, 0) is 0 Å². The fourth-order valence-electron chi connectivity index (χ4n) is 1.65. The van der Waals surface area contributed by atoms with Gasteiger partial charge >= 0.3 is 0 Å². The van der Waals surface area contributed by atoms with Gasteiger partial charge in [0.25, 0.3) is 0 Å². The molecule has 0 spiro atoms. The molecule has 1 unspecified atom stereocenters. The Morgan fingerprint density at radius 3 is 2.75 bits per heavy atom. The second kappa shape index (κ2) is 4.80. The maximum Gasteiger partial charge on any atom is 0.137 e. The van der Waals surface area contributed by atoms with E-state index in [2.05, 4.69) is 21.2 Å². The first-order valence-corrected chi connectivity index (χ1v) is 5.68. The number of nitrogens with one attached hydrogen (secondary N) is 1. The van der Waals surface area contributed by atoms with E-state index in [9.17, 15) is 4.39 Å². The Kier molecular flexibility index (Phi) is 3.41. The molecule has 0 aliphatic heterocycles. The number of hydrogen-bond acceptors (Lipinski definition) is 2. The molecule has 0 aliphatic rings. The molecule has 1 atom stereocenters. The van der Waals surface area contributed by atoms with E-state index in [1.807, 2.05) is 25.2 Å². The predicted octanol–water partition coefficient (Wildman–Crippen LogP) is 3.49. The van der Waals surface area contributed by atoms with Crippen LogP contribution in [0.2, 0.25) is 0 Å². The zero-order chi connectivity index (χ0) is 11.5. The molecule has 0 aliphatic carbocycles. The second-order valence-corrected chi connectivity index (χ2v) is 4.17. The smallest absolute Gasteiger partial charge is 0.137 e. The molecular weight excluding hydrogens is 273 g/mol. The second-order valence-electron chi connectivity index (χ2n) is 3.38. The van der Waals surface area contributed by atoms with Crippen LogP contribution >= 0.6 is 15.9 Å². The summed E-state index contributed by atoms with van der Waals surface area (Å²) in [6, 6.07) is 8.48. The molecule has 2 nitrogen and oxygen atoms in total. The summed E-state index contributed by atoms with van der Waals surface area (Å²) in [7, 11) is 1.81. The van der Waals surface area contributed by atoms with Crippen LogP contribution in [-0.4, -0.2) is 7.05 Å². The maximum absolute atomic E-state index is 13.4. The van der Waals surface area contributed by atoms with Crippen molar-refractivity contribution in [1.82, 2.24) is 5.32 Å². The molecule has 0 radical (unpaired) electrons. The zero-order valence-electron chi connectivity index (χ0n) is 8.71. The Bertz CT molecular complexity index is 470. The van der Waals surface area contributed by atoms with Crippen LogP contribution in [0.4, 0.5) is 4.39 Å². The highest BCUT2D eigenvalue weighted by Crippen LogP contribution is 2.30. The van der Waals surface area contributed by atoms with Gasteiger partial charge in [-0.2, -0.15) is 0 Å². The summed E-state index contributed by atoms with van der Waals surface area (Å²) >= 11 is 3.25. The molecule has 1 aromatic heterocycles. The Morgan fingerprint density at radius 1 is 1.31 bits per heavy atom. The molecule has 0 saturated heterocycles. The molecule has 0 saturated carbocycles. The summed E-state index contributed by atoms with van der Waals surface area (Å²) in [4.78, 5) is 0. The molecule has 0 bridgehead atoms. The normalized spacial score (nSPS) is 12.7. The lowest BCUT2D eigenvalue weighted by atomic mass is 10.0. The van der Waals surface area contributed by atoms with E-state index in [-0.39, 0.29) is 11.9 Å². The van der Waals surface area contributed by atoms with E-state index >= 15 is 0 Å². The Labute approximate surface area is 102 Å². The van der Waals surface area contributed by atoms with Gasteiger partial charge in [-0.15, -0.1) is 0 Å². The molecular formula is C12H11BrFNO. The van der Waals surface area contributed by atoms with E-state index in [4.69, 9.17) is 4.42 Å². The minimum absolute atomic E-state index is 0.153. The molecule has 2 aromatic rings. The molecule has 84 valence electrons. The highest BCUT2D eigenvalue weighted by molar-refractivity contribution is 9.10. The summed E-state index contributed by atoms with van der Waals surface area (Å²) in [5.41, 5.74) is 0.817. The Balaban J connectivity index is 2.45. The Hall–Kier alpha value is -1.13. The lowest BCUT2D eigenvalue weighted by molar-refractivity contribution is 0.461. The van der Waals surface area contributed by atoms with Crippen molar-refractivity contribution in [2.45, 2.75) is 6.04 Å². The topological polar surface area (TPSA) is 25.2 Å². The van der Waals surface area contributed by atoms with Crippen molar-refractivity contribution in [1.29, 1.82) is 0 Å². The molecule has 2 rings (SSSR count). The molecule has 0 fully saturated rings. The van der Waals surface area contributed by atoms with Crippen molar-refractivity contribution in [3.05, 3.63) is 58.2 Å². The van der Waals surface area contributed by atoms with Crippen LogP contribution in [0.3, 0.4) is 0 Å². The lowest BCUT2D eigenvalue weighted by Crippen LogP contribution is -2.17. The van der Waals surface area contributed by atoms with E-state index < -0.39 is 0 Å². The van der Waals surface area contributed by atoms with Gasteiger partial charge < -0.3 is 9.73 Å². The fraction of sp³-hybridized carbons (Fsp3) is 0.167. The molecule has 1 N–H and O–H groups in total. The average Bonchev–Trinajstić information content (AvgIpc) is 2.79. The average molecular weight is 284 g/mol. The van der Waals surface area contributed by atoms with E-state index in [1.54, 1.807) is 12.3 Å². The quantitative estimate of drug-likeness (QED) is 0.933. The van der Waals surface area contributed by atoms with Gasteiger partial charge in [-0.3, -0.25) is 0 Å². The molecule has 16 heavy (non-hydrogen) atoms. The van der Waals surface area contributed by atoms with E-state index in [1.165, 1.54) is 6.07 Å². The molecule has 1 heterocycles. The molecule has 1 aromatic carbocycles. The van der Waals surface area contributed by atoms with Crippen LogP contribution < -0.4 is 5.32 Å². The van der Waals surface area contributed by atoms with Gasteiger partial charge in [-0.25, -0.2) is 4.39 Å². The summed E-state index contributed by atoms with van der Waals surface area (Å²) in [6.07, 6.45) is 1.60. The van der Waals surface area contributed by atoms with Gasteiger partial charge in [0, 0.05) is 0 Å². The third-order valence-electron chi connectivity index (χ3n) is 2.41. The SMILES string of the molecule is CNC(c1ccco1)c1cccc(F)c1Br. The van der Waals surface area contributed by atoms with E-state index in [0.717, 1.165) is 11.3 Å². The van der Waals surface area contributed by atoms with Crippen LogP contribution in [0.1, 0.15) is 17.4 Å². The minimum atomic E-state index is -0.274. The number of benzene rings is 1. The first-order valence-electron chi connectivity index (χ1n) is 4.88. The van der Waals surface area contributed by atoms with Crippen LogP contribution in [0.25, 0.3) is 0 Å². The lowest BCUT2D eigenvalue weighted by Gasteiger charge is -2.15. The van der Waals surface area contributed by atoms with Gasteiger partial charge in [0.1, 0.15) is 11.6 Å². The van der Waals surface area contributed by atoms with E-state index in [0.29, 0.717) is 4.47 Å². The third kappa shape index (κ3) is 2.03. The zero-order valence-corrected chi connectivity index (χ0v) is 10.3. The summed E-state index contributed by atoms with van der Waals surface area (Å²) in [6.45, 7) is 0. The van der Waals surface area contributed by atoms with Crippen molar-refractivity contribution >= 4 is 15.9 Å². The highest BCUT2D eigenvalue weighted by atomic mass is 79.9. The number of halogens is 2. The van der Waals surface area contributed by atoms with Gasteiger partial charge in [0.15, 0.2) is 0 Å². The summed E-state index contributed by atoms with van der Waals surface area (Å²) < 4.78 is 19.2. The maximum atomic E-state index is 13.4. The number of furan rings is 1. The minimum Gasteiger partial charge on any atom is -0.467 e. The van der Waals surface area contributed by atoms with Crippen molar-refractivity contribution in [2.24, 2.45) is 0 Å². The molecule has 4 heteroatoms. The first-order chi connectivity index (χ1) is 7.74. The van der Waals surface area contributed by atoms with Crippen molar-refractivity contribution in [3.8, 4) is 0 Å². The molecule has 0 amide bonds. The third-order valence-corrected chi connectivity index (χ3v) is 3.25. The van der Waals surface area contributed by atoms with Crippen molar-refractivity contribution in [3.63, 3.8) is 0 Å². The number of hydrogen-bond donors (Lipinski definition) is 1. The summed E-state index contributed by atoms with van der Waals surface area (Å²) in [5, 5.41) is 3.10. The van der Waals surface area contributed by atoms with Crippen LogP contribution in [0, 0.1) is 5.82 Å². The standard InChI is InChI=1S/C12H11BrFNO/c1-15-12(10-6-3-7-16-10)8-4-2-5-9(14)11(8)13/h2-7,12,15H,1H3. The van der Waals surface area contributed by atoms with Crippen LogP contribution in [0.5, 0.6) is 0 Å². The van der Waals surface area contributed by atoms with Gasteiger partial charge in [-0.05, 0) is 46.7 Å². The number of rotatable bonds is 3. The van der Waals surface area contributed by atoms with Crippen LogP contribution in [0.15, 0.2) is 45.5 Å².